The summed E-state index contributed by atoms with van der Waals surface area (Å²) in [6, 6.07) is 6.47. The van der Waals surface area contributed by atoms with Crippen LogP contribution in [0.2, 0.25) is 0 Å². The van der Waals surface area contributed by atoms with E-state index in [9.17, 15) is 19.5 Å². The minimum atomic E-state index is -1.37. The van der Waals surface area contributed by atoms with E-state index in [0.29, 0.717) is 23.5 Å². The molecule has 0 bridgehead atoms. The number of aliphatic hydroxyl groups is 1. The largest absolute Gasteiger partial charge is 0.444 e. The number of nitrogens with zero attached hydrogens (tertiary/aromatic N) is 1. The standard InChI is InChI=1S/C18H22N2O6/c1-17(2,3)25-16(24)19-18(9-6-10-18)15(23)26-20-13(21)11-7-4-5-8-12(11)14(20)22/h4-5,7-8,13,21H,6,9-10H2,1-3H3,(H,19,24). The van der Waals surface area contributed by atoms with Gasteiger partial charge in [0.25, 0.3) is 5.91 Å². The molecule has 2 aliphatic rings. The van der Waals surface area contributed by atoms with Crippen LogP contribution in [0.3, 0.4) is 0 Å². The summed E-state index contributed by atoms with van der Waals surface area (Å²) in [5.74, 6) is -1.40. The van der Waals surface area contributed by atoms with E-state index in [1.54, 1.807) is 45.0 Å². The van der Waals surface area contributed by atoms with E-state index < -0.39 is 35.3 Å². The average Bonchev–Trinajstić information content (AvgIpc) is 2.75. The Labute approximate surface area is 151 Å². The number of hydroxylamine groups is 2. The molecule has 2 amide bonds. The van der Waals surface area contributed by atoms with Crippen LogP contribution in [-0.4, -0.2) is 39.3 Å². The van der Waals surface area contributed by atoms with E-state index in [0.717, 1.165) is 6.42 Å². The fraction of sp³-hybridized carbons (Fsp3) is 0.500. The number of carbonyl (C=O) groups is 3. The van der Waals surface area contributed by atoms with Gasteiger partial charge in [0.15, 0.2) is 6.23 Å². The molecule has 1 unspecified atom stereocenters. The van der Waals surface area contributed by atoms with Crippen molar-refractivity contribution >= 4 is 18.0 Å². The normalized spacial score (nSPS) is 20.8. The van der Waals surface area contributed by atoms with Crippen LogP contribution in [0.1, 0.15) is 62.2 Å². The smallest absolute Gasteiger partial charge is 0.408 e. The molecule has 0 saturated heterocycles. The molecule has 1 atom stereocenters. The topological polar surface area (TPSA) is 105 Å². The van der Waals surface area contributed by atoms with Crippen molar-refractivity contribution in [3.63, 3.8) is 0 Å². The monoisotopic (exact) mass is 362 g/mol. The average molecular weight is 362 g/mol. The van der Waals surface area contributed by atoms with Crippen molar-refractivity contribution in [1.29, 1.82) is 0 Å². The van der Waals surface area contributed by atoms with Crippen molar-refractivity contribution in [2.75, 3.05) is 0 Å². The maximum Gasteiger partial charge on any atom is 0.408 e. The van der Waals surface area contributed by atoms with Crippen molar-refractivity contribution in [3.8, 4) is 0 Å². The highest BCUT2D eigenvalue weighted by molar-refractivity contribution is 5.99. The summed E-state index contributed by atoms with van der Waals surface area (Å²) in [5, 5.41) is 13.5. The number of benzene rings is 1. The molecule has 140 valence electrons. The van der Waals surface area contributed by atoms with Gasteiger partial charge in [0, 0.05) is 5.56 Å². The molecule has 1 fully saturated rings. The second-order valence-electron chi connectivity index (χ2n) is 7.53. The van der Waals surface area contributed by atoms with E-state index in [-0.39, 0.29) is 5.56 Å². The van der Waals surface area contributed by atoms with E-state index in [1.165, 1.54) is 0 Å². The van der Waals surface area contributed by atoms with Gasteiger partial charge in [-0.3, -0.25) is 4.79 Å². The fourth-order valence-corrected chi connectivity index (χ4v) is 2.95. The van der Waals surface area contributed by atoms with E-state index in [1.807, 2.05) is 0 Å². The second kappa shape index (κ2) is 6.28. The first-order valence-electron chi connectivity index (χ1n) is 8.47. The molecular weight excluding hydrogens is 340 g/mol. The lowest BCUT2D eigenvalue weighted by Gasteiger charge is -2.40. The molecule has 26 heavy (non-hydrogen) atoms. The summed E-state index contributed by atoms with van der Waals surface area (Å²) in [4.78, 5) is 42.2. The third kappa shape index (κ3) is 3.24. The maximum absolute atomic E-state index is 12.6. The summed E-state index contributed by atoms with van der Waals surface area (Å²) in [5.41, 5.74) is -1.32. The van der Waals surface area contributed by atoms with E-state index in [2.05, 4.69) is 5.32 Å². The van der Waals surface area contributed by atoms with E-state index in [4.69, 9.17) is 9.57 Å². The molecule has 1 aromatic rings. The number of carbonyl (C=O) groups excluding carboxylic acids is 3. The third-order valence-corrected chi connectivity index (χ3v) is 4.41. The summed E-state index contributed by atoms with van der Waals surface area (Å²) < 4.78 is 5.19. The van der Waals surface area contributed by atoms with Gasteiger partial charge in [0.05, 0.1) is 5.56 Å². The second-order valence-corrected chi connectivity index (χ2v) is 7.53. The van der Waals surface area contributed by atoms with Gasteiger partial charge in [-0.25, -0.2) is 9.59 Å². The van der Waals surface area contributed by atoms with Gasteiger partial charge >= 0.3 is 12.1 Å². The van der Waals surface area contributed by atoms with Crippen LogP contribution in [0.4, 0.5) is 4.79 Å². The molecule has 0 radical (unpaired) electrons. The highest BCUT2D eigenvalue weighted by Crippen LogP contribution is 2.37. The molecule has 1 aliphatic carbocycles. The number of ether oxygens (including phenoxy) is 1. The van der Waals surface area contributed by atoms with Crippen molar-refractivity contribution in [2.45, 2.75) is 57.4 Å². The molecule has 1 aromatic carbocycles. The number of aliphatic hydroxyl groups excluding tert-OH is 1. The molecule has 8 heteroatoms. The SMILES string of the molecule is CC(C)(C)OC(=O)NC1(C(=O)ON2C(=O)c3ccccc3C2O)CCC1. The summed E-state index contributed by atoms with van der Waals surface area (Å²) in [6.07, 6.45) is -0.638. The van der Waals surface area contributed by atoms with Crippen molar-refractivity contribution < 1.29 is 29.1 Å². The number of amides is 2. The maximum atomic E-state index is 12.6. The summed E-state index contributed by atoms with van der Waals surface area (Å²) in [7, 11) is 0. The van der Waals surface area contributed by atoms with Crippen LogP contribution in [0, 0.1) is 0 Å². The van der Waals surface area contributed by atoms with Crippen molar-refractivity contribution in [2.24, 2.45) is 0 Å². The molecule has 3 rings (SSSR count). The Kier molecular flexibility index (Phi) is 4.39. The van der Waals surface area contributed by atoms with Gasteiger partial charge in [-0.15, -0.1) is 5.06 Å². The number of rotatable bonds is 3. The Morgan fingerprint density at radius 3 is 2.46 bits per heavy atom. The van der Waals surface area contributed by atoms with Gasteiger partial charge in [0.2, 0.25) is 0 Å². The fourth-order valence-electron chi connectivity index (χ4n) is 2.95. The number of fused-ring (bicyclic) bond motifs is 1. The Hall–Kier alpha value is -2.61. The zero-order chi connectivity index (χ0) is 19.1. The van der Waals surface area contributed by atoms with Crippen LogP contribution in [-0.2, 0) is 14.4 Å². The first-order chi connectivity index (χ1) is 12.1. The van der Waals surface area contributed by atoms with Crippen LogP contribution < -0.4 is 5.32 Å². The van der Waals surface area contributed by atoms with Gasteiger partial charge < -0.3 is 20.0 Å². The lowest BCUT2D eigenvalue weighted by Crippen LogP contribution is -2.61. The molecule has 1 saturated carbocycles. The van der Waals surface area contributed by atoms with Gasteiger partial charge in [-0.05, 0) is 46.1 Å². The Morgan fingerprint density at radius 2 is 1.92 bits per heavy atom. The third-order valence-electron chi connectivity index (χ3n) is 4.41. The van der Waals surface area contributed by atoms with Crippen LogP contribution in [0.25, 0.3) is 0 Å². The number of alkyl carbamates (subject to hydrolysis) is 1. The van der Waals surface area contributed by atoms with E-state index >= 15 is 0 Å². The zero-order valence-corrected chi connectivity index (χ0v) is 14.9. The first kappa shape index (κ1) is 18.2. The Bertz CT molecular complexity index is 750. The first-order valence-corrected chi connectivity index (χ1v) is 8.47. The molecular formula is C18H22N2O6. The molecule has 1 heterocycles. The van der Waals surface area contributed by atoms with Crippen molar-refractivity contribution in [3.05, 3.63) is 35.4 Å². The minimum absolute atomic E-state index is 0.274. The number of hydrogen-bond acceptors (Lipinski definition) is 6. The highest BCUT2D eigenvalue weighted by atomic mass is 16.7. The van der Waals surface area contributed by atoms with Crippen LogP contribution in [0.15, 0.2) is 24.3 Å². The van der Waals surface area contributed by atoms with Gasteiger partial charge in [-0.1, -0.05) is 18.2 Å². The summed E-state index contributed by atoms with van der Waals surface area (Å²) in [6.45, 7) is 5.15. The molecule has 0 spiro atoms. The van der Waals surface area contributed by atoms with Gasteiger partial charge in [0.1, 0.15) is 11.1 Å². The predicted octanol–water partition coefficient (Wildman–Crippen LogP) is 2.04. The predicted molar refractivity (Wildman–Crippen MR) is 89.6 cm³/mol. The Morgan fingerprint density at radius 1 is 1.27 bits per heavy atom. The molecule has 1 aliphatic heterocycles. The number of hydrogen-bond donors (Lipinski definition) is 2. The van der Waals surface area contributed by atoms with Crippen LogP contribution >= 0.6 is 0 Å². The lowest BCUT2D eigenvalue weighted by atomic mass is 9.77. The van der Waals surface area contributed by atoms with Crippen molar-refractivity contribution in [1.82, 2.24) is 10.4 Å². The quantitative estimate of drug-likeness (QED) is 0.852. The summed E-state index contributed by atoms with van der Waals surface area (Å²) >= 11 is 0. The minimum Gasteiger partial charge on any atom is -0.444 e. The van der Waals surface area contributed by atoms with Crippen LogP contribution in [0.5, 0.6) is 0 Å². The number of nitrogens with one attached hydrogen (secondary N) is 1. The Balaban J connectivity index is 1.71. The molecule has 2 N–H and O–H groups in total. The molecule has 8 nitrogen and oxygen atoms in total. The zero-order valence-electron chi connectivity index (χ0n) is 14.9. The highest BCUT2D eigenvalue weighted by Gasteiger charge is 2.50. The lowest BCUT2D eigenvalue weighted by molar-refractivity contribution is -0.217. The van der Waals surface area contributed by atoms with Gasteiger partial charge in [-0.2, -0.15) is 0 Å². The molecule has 0 aromatic heterocycles.